The number of hydrogen-bond donors (Lipinski definition) is 2. The third-order valence-electron chi connectivity index (χ3n) is 3.34. The fourth-order valence-electron chi connectivity index (χ4n) is 2.31. The van der Waals surface area contributed by atoms with Gasteiger partial charge >= 0.3 is 5.97 Å². The lowest BCUT2D eigenvalue weighted by Gasteiger charge is -2.33. The van der Waals surface area contributed by atoms with E-state index in [1.807, 2.05) is 12.1 Å². The van der Waals surface area contributed by atoms with Crippen molar-refractivity contribution in [3.8, 4) is 0 Å². The lowest BCUT2D eigenvalue weighted by Crippen LogP contribution is -2.52. The number of hydrogen-bond acceptors (Lipinski definition) is 4. The molecule has 6 heteroatoms. The first kappa shape index (κ1) is 14.5. The van der Waals surface area contributed by atoms with Crippen LogP contribution in [0.5, 0.6) is 0 Å². The van der Waals surface area contributed by atoms with Crippen molar-refractivity contribution in [3.63, 3.8) is 0 Å². The SMILES string of the molecule is NCCc1ccccc1C(=O)N1CCOCC1C(=O)O. The number of ether oxygens (including phenoxy) is 1. The number of morpholine rings is 1. The molecule has 1 unspecified atom stereocenters. The highest BCUT2D eigenvalue weighted by Gasteiger charge is 2.33. The maximum absolute atomic E-state index is 12.6. The predicted molar refractivity (Wildman–Crippen MR) is 72.5 cm³/mol. The molecular weight excluding hydrogens is 260 g/mol. The Labute approximate surface area is 117 Å². The normalized spacial score (nSPS) is 18.9. The molecule has 6 nitrogen and oxygen atoms in total. The molecule has 2 rings (SSSR count). The highest BCUT2D eigenvalue weighted by atomic mass is 16.5. The Hall–Kier alpha value is -1.92. The summed E-state index contributed by atoms with van der Waals surface area (Å²) in [4.78, 5) is 25.2. The van der Waals surface area contributed by atoms with E-state index in [4.69, 9.17) is 10.5 Å². The van der Waals surface area contributed by atoms with Crippen molar-refractivity contribution >= 4 is 11.9 Å². The van der Waals surface area contributed by atoms with Crippen LogP contribution in [-0.4, -0.2) is 54.2 Å². The monoisotopic (exact) mass is 278 g/mol. The van der Waals surface area contributed by atoms with Gasteiger partial charge in [-0.15, -0.1) is 0 Å². The van der Waals surface area contributed by atoms with Crippen molar-refractivity contribution in [2.24, 2.45) is 5.73 Å². The zero-order valence-corrected chi connectivity index (χ0v) is 11.1. The van der Waals surface area contributed by atoms with Gasteiger partial charge in [-0.3, -0.25) is 4.79 Å². The van der Waals surface area contributed by atoms with Crippen molar-refractivity contribution < 1.29 is 19.4 Å². The molecule has 1 heterocycles. The summed E-state index contributed by atoms with van der Waals surface area (Å²) in [7, 11) is 0. The van der Waals surface area contributed by atoms with Crippen LogP contribution in [0.2, 0.25) is 0 Å². The zero-order valence-electron chi connectivity index (χ0n) is 11.1. The summed E-state index contributed by atoms with van der Waals surface area (Å²) in [5.41, 5.74) is 6.91. The van der Waals surface area contributed by atoms with E-state index in [-0.39, 0.29) is 19.1 Å². The molecule has 0 bridgehead atoms. The third-order valence-corrected chi connectivity index (χ3v) is 3.34. The second-order valence-corrected chi connectivity index (χ2v) is 4.62. The minimum atomic E-state index is -1.05. The molecule has 1 aliphatic rings. The number of nitrogens with two attached hydrogens (primary N) is 1. The topological polar surface area (TPSA) is 92.9 Å². The summed E-state index contributed by atoms with van der Waals surface area (Å²) in [5, 5.41) is 9.18. The van der Waals surface area contributed by atoms with Crippen LogP contribution in [0.3, 0.4) is 0 Å². The molecule has 1 aromatic rings. The first-order valence-electron chi connectivity index (χ1n) is 6.54. The lowest BCUT2D eigenvalue weighted by atomic mass is 10.0. The fraction of sp³-hybridized carbons (Fsp3) is 0.429. The van der Waals surface area contributed by atoms with E-state index in [0.29, 0.717) is 25.1 Å². The van der Waals surface area contributed by atoms with Gasteiger partial charge in [-0.05, 0) is 24.6 Å². The second-order valence-electron chi connectivity index (χ2n) is 4.62. The van der Waals surface area contributed by atoms with Crippen LogP contribution in [0.4, 0.5) is 0 Å². The number of carbonyl (C=O) groups excluding carboxylic acids is 1. The number of aliphatic carboxylic acids is 1. The molecule has 0 aromatic heterocycles. The second kappa shape index (κ2) is 6.49. The fourth-order valence-corrected chi connectivity index (χ4v) is 2.31. The molecule has 108 valence electrons. The maximum atomic E-state index is 12.6. The van der Waals surface area contributed by atoms with Gasteiger partial charge in [0.05, 0.1) is 13.2 Å². The Morgan fingerprint density at radius 3 is 2.85 bits per heavy atom. The van der Waals surface area contributed by atoms with E-state index in [1.165, 1.54) is 4.90 Å². The zero-order chi connectivity index (χ0) is 14.5. The number of amides is 1. The molecule has 1 fully saturated rings. The van der Waals surface area contributed by atoms with Crippen LogP contribution in [0, 0.1) is 0 Å². The minimum absolute atomic E-state index is 0.0279. The maximum Gasteiger partial charge on any atom is 0.328 e. The summed E-state index contributed by atoms with van der Waals surface area (Å²) >= 11 is 0. The molecule has 1 aromatic carbocycles. The number of carboxylic acids is 1. The van der Waals surface area contributed by atoms with E-state index >= 15 is 0 Å². The molecule has 0 radical (unpaired) electrons. The summed E-state index contributed by atoms with van der Waals surface area (Å²) in [6.45, 7) is 1.11. The van der Waals surface area contributed by atoms with Crippen LogP contribution >= 0.6 is 0 Å². The van der Waals surface area contributed by atoms with E-state index in [2.05, 4.69) is 0 Å². The Bertz CT molecular complexity index is 504. The Balaban J connectivity index is 2.27. The van der Waals surface area contributed by atoms with Crippen molar-refractivity contribution in [2.45, 2.75) is 12.5 Å². The van der Waals surface area contributed by atoms with Gasteiger partial charge in [0.1, 0.15) is 0 Å². The van der Waals surface area contributed by atoms with Crippen molar-refractivity contribution in [1.29, 1.82) is 0 Å². The van der Waals surface area contributed by atoms with Crippen LogP contribution in [0.15, 0.2) is 24.3 Å². The van der Waals surface area contributed by atoms with Gasteiger partial charge in [0, 0.05) is 12.1 Å². The number of nitrogens with zero attached hydrogens (tertiary/aromatic N) is 1. The Kier molecular flexibility index (Phi) is 4.70. The highest BCUT2D eigenvalue weighted by molar-refractivity contribution is 5.98. The highest BCUT2D eigenvalue weighted by Crippen LogP contribution is 2.16. The number of carboxylic acid groups (broad SMARTS) is 1. The number of rotatable bonds is 4. The molecular formula is C14H18N2O4. The van der Waals surface area contributed by atoms with Gasteiger partial charge in [-0.1, -0.05) is 18.2 Å². The molecule has 1 amide bonds. The van der Waals surface area contributed by atoms with Gasteiger partial charge in [0.2, 0.25) is 0 Å². The number of carbonyl (C=O) groups is 2. The molecule has 1 atom stereocenters. The third kappa shape index (κ3) is 2.97. The quantitative estimate of drug-likeness (QED) is 0.815. The van der Waals surface area contributed by atoms with E-state index in [1.54, 1.807) is 12.1 Å². The molecule has 20 heavy (non-hydrogen) atoms. The average Bonchev–Trinajstić information content (AvgIpc) is 2.47. The van der Waals surface area contributed by atoms with Crippen LogP contribution in [-0.2, 0) is 16.0 Å². The summed E-state index contributed by atoms with van der Waals surface area (Å²) in [6, 6.07) is 6.24. The van der Waals surface area contributed by atoms with Crippen LogP contribution < -0.4 is 5.73 Å². The minimum Gasteiger partial charge on any atom is -0.480 e. The van der Waals surface area contributed by atoms with Gasteiger partial charge in [0.15, 0.2) is 6.04 Å². The van der Waals surface area contributed by atoms with Crippen molar-refractivity contribution in [1.82, 2.24) is 4.90 Å². The molecule has 0 saturated carbocycles. The molecule has 0 aliphatic carbocycles. The van der Waals surface area contributed by atoms with Gasteiger partial charge in [-0.2, -0.15) is 0 Å². The molecule has 1 saturated heterocycles. The summed E-state index contributed by atoms with van der Waals surface area (Å²) in [5.74, 6) is -1.32. The first-order chi connectivity index (χ1) is 9.65. The van der Waals surface area contributed by atoms with Crippen molar-refractivity contribution in [2.75, 3.05) is 26.3 Å². The van der Waals surface area contributed by atoms with Crippen molar-refractivity contribution in [3.05, 3.63) is 35.4 Å². The lowest BCUT2D eigenvalue weighted by molar-refractivity contribution is -0.147. The standard InChI is InChI=1S/C14H18N2O4/c15-6-5-10-3-1-2-4-11(10)13(17)16-7-8-20-9-12(16)14(18)19/h1-4,12H,5-9,15H2,(H,18,19). The van der Waals surface area contributed by atoms with E-state index in [9.17, 15) is 14.7 Å². The van der Waals surface area contributed by atoms with Crippen LogP contribution in [0.25, 0.3) is 0 Å². The smallest absolute Gasteiger partial charge is 0.328 e. The summed E-state index contributed by atoms with van der Waals surface area (Å²) < 4.78 is 5.14. The Morgan fingerprint density at radius 2 is 2.15 bits per heavy atom. The van der Waals surface area contributed by atoms with E-state index < -0.39 is 12.0 Å². The van der Waals surface area contributed by atoms with E-state index in [0.717, 1.165) is 5.56 Å². The van der Waals surface area contributed by atoms with Crippen LogP contribution in [0.1, 0.15) is 15.9 Å². The molecule has 0 spiro atoms. The Morgan fingerprint density at radius 1 is 1.40 bits per heavy atom. The first-order valence-corrected chi connectivity index (χ1v) is 6.54. The van der Waals surface area contributed by atoms with Gasteiger partial charge < -0.3 is 20.5 Å². The predicted octanol–water partition coefficient (Wildman–Crippen LogP) is 0.113. The summed E-state index contributed by atoms with van der Waals surface area (Å²) in [6.07, 6.45) is 0.587. The van der Waals surface area contributed by atoms with Gasteiger partial charge in [-0.25, -0.2) is 4.79 Å². The number of benzene rings is 1. The molecule has 1 aliphatic heterocycles. The molecule has 3 N–H and O–H groups in total. The average molecular weight is 278 g/mol. The largest absolute Gasteiger partial charge is 0.480 e. The van der Waals surface area contributed by atoms with Gasteiger partial charge in [0.25, 0.3) is 5.91 Å².